The van der Waals surface area contributed by atoms with E-state index < -0.39 is 11.8 Å². The lowest BCUT2D eigenvalue weighted by Gasteiger charge is -2.05. The molecule has 0 aliphatic heterocycles. The van der Waals surface area contributed by atoms with Gasteiger partial charge in [-0.05, 0) is 22.9 Å². The average molecular weight is 438 g/mol. The predicted molar refractivity (Wildman–Crippen MR) is 121 cm³/mol. The molecular formula is C22H16ClN3O3S. The lowest BCUT2D eigenvalue weighted by Crippen LogP contribution is -2.34. The number of nitrogens with zero attached hydrogens (tertiary/aromatic N) is 1. The first-order valence-electron chi connectivity index (χ1n) is 9.02. The summed E-state index contributed by atoms with van der Waals surface area (Å²) in [6.07, 6.45) is 1.38. The third-order valence-corrected chi connectivity index (χ3v) is 6.16. The number of phenolic OH excluding ortho intramolecular Hbond substituents is 1. The number of halogens is 1. The zero-order valence-corrected chi connectivity index (χ0v) is 17.1. The maximum atomic E-state index is 12.4. The molecular weight excluding hydrogens is 422 g/mol. The summed E-state index contributed by atoms with van der Waals surface area (Å²) >= 11 is 7.55. The van der Waals surface area contributed by atoms with Gasteiger partial charge in [-0.15, -0.1) is 11.3 Å². The summed E-state index contributed by atoms with van der Waals surface area (Å²) in [5.74, 6) is -0.872. The molecule has 8 heteroatoms. The van der Waals surface area contributed by atoms with Gasteiger partial charge in [0.1, 0.15) is 10.6 Å². The summed E-state index contributed by atoms with van der Waals surface area (Å²) in [7, 11) is 0. The van der Waals surface area contributed by atoms with Gasteiger partial charge < -0.3 is 10.4 Å². The van der Waals surface area contributed by atoms with Crippen LogP contribution in [0, 0.1) is 0 Å². The second kappa shape index (κ2) is 8.52. The Morgan fingerprint density at radius 1 is 1.03 bits per heavy atom. The van der Waals surface area contributed by atoms with E-state index in [4.69, 9.17) is 11.6 Å². The van der Waals surface area contributed by atoms with E-state index in [1.165, 1.54) is 17.6 Å². The van der Waals surface area contributed by atoms with Crippen LogP contribution in [0.2, 0.25) is 5.02 Å². The highest BCUT2D eigenvalue weighted by molar-refractivity contribution is 7.21. The van der Waals surface area contributed by atoms with E-state index in [0.717, 1.165) is 20.9 Å². The number of hydrazone groups is 1. The molecule has 2 amide bonds. The summed E-state index contributed by atoms with van der Waals surface area (Å²) in [6, 6.07) is 18.3. The van der Waals surface area contributed by atoms with Crippen LogP contribution in [0.4, 0.5) is 0 Å². The first-order chi connectivity index (χ1) is 14.5. The van der Waals surface area contributed by atoms with Crippen molar-refractivity contribution in [1.29, 1.82) is 0 Å². The first-order valence-corrected chi connectivity index (χ1v) is 10.2. The number of hydrogen-bond donors (Lipinski definition) is 3. The highest BCUT2D eigenvalue weighted by Crippen LogP contribution is 2.34. The molecule has 0 atom stereocenters. The van der Waals surface area contributed by atoms with Crippen molar-refractivity contribution in [2.75, 3.05) is 6.54 Å². The molecule has 0 bridgehead atoms. The van der Waals surface area contributed by atoms with Crippen molar-refractivity contribution in [1.82, 2.24) is 10.7 Å². The zero-order chi connectivity index (χ0) is 21.1. The fourth-order valence-corrected chi connectivity index (χ4v) is 4.46. The van der Waals surface area contributed by atoms with Crippen LogP contribution in [-0.4, -0.2) is 29.7 Å². The fraction of sp³-hybridized carbons (Fsp3) is 0.0455. The Kier molecular flexibility index (Phi) is 5.65. The number of phenols is 1. The van der Waals surface area contributed by atoms with E-state index in [1.54, 1.807) is 12.1 Å². The largest absolute Gasteiger partial charge is 0.507 e. The van der Waals surface area contributed by atoms with Gasteiger partial charge in [0.15, 0.2) is 0 Å². The van der Waals surface area contributed by atoms with Crippen LogP contribution in [0.1, 0.15) is 15.2 Å². The number of aromatic hydroxyl groups is 1. The van der Waals surface area contributed by atoms with E-state index in [0.29, 0.717) is 15.5 Å². The molecule has 0 unspecified atom stereocenters. The van der Waals surface area contributed by atoms with E-state index in [-0.39, 0.29) is 12.3 Å². The summed E-state index contributed by atoms with van der Waals surface area (Å²) in [4.78, 5) is 24.8. The smallest absolute Gasteiger partial charge is 0.263 e. The number of nitrogens with one attached hydrogen (secondary N) is 2. The number of hydrogen-bond acceptors (Lipinski definition) is 5. The van der Waals surface area contributed by atoms with Crippen molar-refractivity contribution < 1.29 is 14.7 Å². The molecule has 0 saturated heterocycles. The number of amides is 2. The summed E-state index contributed by atoms with van der Waals surface area (Å²) in [5, 5.41) is 19.5. The zero-order valence-electron chi connectivity index (χ0n) is 15.6. The van der Waals surface area contributed by atoms with E-state index >= 15 is 0 Å². The highest BCUT2D eigenvalue weighted by atomic mass is 35.5. The Bertz CT molecular complexity index is 1300. The number of carbonyl (C=O) groups excluding carboxylic acids is 2. The molecule has 3 N–H and O–H groups in total. The number of fused-ring (bicyclic) bond motifs is 2. The summed E-state index contributed by atoms with van der Waals surface area (Å²) in [5.41, 5.74) is 2.84. The molecule has 0 aliphatic rings. The van der Waals surface area contributed by atoms with Crippen molar-refractivity contribution in [2.24, 2.45) is 5.10 Å². The lowest BCUT2D eigenvalue weighted by atomic mass is 10.0. The molecule has 0 saturated carbocycles. The van der Waals surface area contributed by atoms with Crippen LogP contribution in [0.15, 0.2) is 65.8 Å². The minimum atomic E-state index is -0.503. The highest BCUT2D eigenvalue weighted by Gasteiger charge is 2.17. The third kappa shape index (κ3) is 3.98. The predicted octanol–water partition coefficient (Wildman–Crippen LogP) is 4.29. The van der Waals surface area contributed by atoms with Crippen molar-refractivity contribution in [2.45, 2.75) is 0 Å². The molecule has 3 aromatic carbocycles. The number of thiophene rings is 1. The Morgan fingerprint density at radius 3 is 2.57 bits per heavy atom. The number of rotatable bonds is 5. The quantitative estimate of drug-likeness (QED) is 0.321. The van der Waals surface area contributed by atoms with Gasteiger partial charge in [0.25, 0.3) is 11.8 Å². The van der Waals surface area contributed by atoms with Crippen LogP contribution < -0.4 is 10.7 Å². The van der Waals surface area contributed by atoms with Gasteiger partial charge >= 0.3 is 0 Å². The standard InChI is InChI=1S/C22H16ClN3O3S/c23-20-15-7-3-4-8-18(15)30-21(20)22(29)24-12-19(28)26-25-11-16-14-6-2-1-5-13(14)9-10-17(16)27/h1-11,27H,12H2,(H,24,29)(H,26,28)/b25-11-. The van der Waals surface area contributed by atoms with Gasteiger partial charge in [0.2, 0.25) is 0 Å². The normalized spacial score (nSPS) is 11.2. The lowest BCUT2D eigenvalue weighted by molar-refractivity contribution is -0.120. The van der Waals surface area contributed by atoms with Crippen LogP contribution in [0.3, 0.4) is 0 Å². The van der Waals surface area contributed by atoms with Crippen LogP contribution >= 0.6 is 22.9 Å². The third-order valence-electron chi connectivity index (χ3n) is 4.48. The Balaban J connectivity index is 1.39. The van der Waals surface area contributed by atoms with Crippen LogP contribution in [0.5, 0.6) is 5.75 Å². The minimum absolute atomic E-state index is 0.0550. The van der Waals surface area contributed by atoms with Crippen LogP contribution in [0.25, 0.3) is 20.9 Å². The molecule has 0 spiro atoms. The Morgan fingerprint density at radius 2 is 1.77 bits per heavy atom. The second-order valence-corrected chi connectivity index (χ2v) is 7.87. The molecule has 150 valence electrons. The Labute approximate surface area is 180 Å². The van der Waals surface area contributed by atoms with Gasteiger partial charge in [0.05, 0.1) is 17.8 Å². The van der Waals surface area contributed by atoms with Crippen molar-refractivity contribution in [3.8, 4) is 5.75 Å². The molecule has 4 aromatic rings. The van der Waals surface area contributed by atoms with E-state index in [2.05, 4.69) is 15.8 Å². The molecule has 1 heterocycles. The van der Waals surface area contributed by atoms with Gasteiger partial charge in [-0.1, -0.05) is 60.1 Å². The fourth-order valence-electron chi connectivity index (χ4n) is 3.03. The second-order valence-electron chi connectivity index (χ2n) is 6.44. The minimum Gasteiger partial charge on any atom is -0.507 e. The van der Waals surface area contributed by atoms with Gasteiger partial charge in [-0.25, -0.2) is 5.43 Å². The molecule has 1 aromatic heterocycles. The van der Waals surface area contributed by atoms with Crippen molar-refractivity contribution in [3.05, 3.63) is 76.1 Å². The summed E-state index contributed by atoms with van der Waals surface area (Å²) in [6.45, 7) is -0.262. The topological polar surface area (TPSA) is 90.8 Å². The monoisotopic (exact) mass is 437 g/mol. The molecule has 0 radical (unpaired) electrons. The van der Waals surface area contributed by atoms with E-state index in [9.17, 15) is 14.7 Å². The van der Waals surface area contributed by atoms with Gasteiger partial charge in [-0.2, -0.15) is 5.10 Å². The van der Waals surface area contributed by atoms with Gasteiger partial charge in [0, 0.05) is 15.6 Å². The van der Waals surface area contributed by atoms with Crippen LogP contribution in [-0.2, 0) is 4.79 Å². The summed E-state index contributed by atoms with van der Waals surface area (Å²) < 4.78 is 0.900. The van der Waals surface area contributed by atoms with Crippen molar-refractivity contribution in [3.63, 3.8) is 0 Å². The molecule has 6 nitrogen and oxygen atoms in total. The molecule has 0 aliphatic carbocycles. The van der Waals surface area contributed by atoms with Crippen molar-refractivity contribution >= 4 is 61.8 Å². The maximum Gasteiger partial charge on any atom is 0.263 e. The molecule has 30 heavy (non-hydrogen) atoms. The molecule has 0 fully saturated rings. The maximum absolute atomic E-state index is 12.4. The first kappa shape index (κ1) is 19.9. The average Bonchev–Trinajstić information content (AvgIpc) is 3.10. The van der Waals surface area contributed by atoms with Gasteiger partial charge in [-0.3, -0.25) is 9.59 Å². The SMILES string of the molecule is O=C(CNC(=O)c1sc2ccccc2c1Cl)N/N=C\c1c(O)ccc2ccccc12. The number of benzene rings is 3. The Hall–Kier alpha value is -3.42. The molecule has 4 rings (SSSR count). The number of carbonyl (C=O) groups is 2. The van der Waals surface area contributed by atoms with E-state index in [1.807, 2.05) is 48.5 Å².